The molecule has 2 aromatic carbocycles. The number of carbonyl (C=O) groups is 2. The number of para-hydroxylation sites is 1. The molecule has 8 nitrogen and oxygen atoms in total. The molecule has 0 spiro atoms. The van der Waals surface area contributed by atoms with Crippen molar-refractivity contribution in [2.75, 3.05) is 20.5 Å². The van der Waals surface area contributed by atoms with Crippen LogP contribution in [-0.4, -0.2) is 47.2 Å². The molecule has 3 heterocycles. The van der Waals surface area contributed by atoms with Crippen LogP contribution in [0.1, 0.15) is 30.5 Å². The van der Waals surface area contributed by atoms with Crippen LogP contribution in [0.2, 0.25) is 0 Å². The highest BCUT2D eigenvalue weighted by molar-refractivity contribution is 7.18. The van der Waals surface area contributed by atoms with Gasteiger partial charge in [-0.1, -0.05) is 18.2 Å². The molecule has 3 amide bonds. The van der Waals surface area contributed by atoms with Crippen LogP contribution in [0.5, 0.6) is 11.5 Å². The summed E-state index contributed by atoms with van der Waals surface area (Å²) in [4.78, 5) is 33.9. The van der Waals surface area contributed by atoms with Crippen molar-refractivity contribution in [1.82, 2.24) is 20.1 Å². The Morgan fingerprint density at radius 2 is 2.00 bits per heavy atom. The third-order valence-electron chi connectivity index (χ3n) is 5.92. The molecule has 2 aliphatic rings. The van der Waals surface area contributed by atoms with Crippen LogP contribution < -0.4 is 14.8 Å². The first-order valence-electron chi connectivity index (χ1n) is 9.97. The van der Waals surface area contributed by atoms with Gasteiger partial charge < -0.3 is 14.8 Å². The maximum absolute atomic E-state index is 13.3. The third kappa shape index (κ3) is 3.21. The number of nitrogens with zero attached hydrogens (tertiary/aromatic N) is 3. The first-order chi connectivity index (χ1) is 14.9. The molecule has 1 saturated heterocycles. The van der Waals surface area contributed by atoms with E-state index >= 15 is 0 Å². The predicted octanol–water partition coefficient (Wildman–Crippen LogP) is 3.44. The maximum atomic E-state index is 13.3. The molecule has 1 N–H and O–H groups in total. The summed E-state index contributed by atoms with van der Waals surface area (Å²) in [5, 5.41) is 3.78. The Morgan fingerprint density at radius 1 is 1.23 bits per heavy atom. The topological polar surface area (TPSA) is 84.0 Å². The van der Waals surface area contributed by atoms with E-state index in [1.807, 2.05) is 43.1 Å². The van der Waals surface area contributed by atoms with Crippen molar-refractivity contribution in [1.29, 1.82) is 0 Å². The molecule has 160 valence electrons. The van der Waals surface area contributed by atoms with Gasteiger partial charge in [-0.05, 0) is 50.7 Å². The zero-order valence-electron chi connectivity index (χ0n) is 17.4. The van der Waals surface area contributed by atoms with Crippen molar-refractivity contribution < 1.29 is 19.1 Å². The predicted molar refractivity (Wildman–Crippen MR) is 116 cm³/mol. The van der Waals surface area contributed by atoms with Gasteiger partial charge in [0, 0.05) is 0 Å². The van der Waals surface area contributed by atoms with Gasteiger partial charge in [-0.2, -0.15) is 0 Å². The molecule has 0 aliphatic carbocycles. The Morgan fingerprint density at radius 3 is 2.81 bits per heavy atom. The lowest BCUT2D eigenvalue weighted by atomic mass is 9.92. The summed E-state index contributed by atoms with van der Waals surface area (Å²) in [7, 11) is 1.88. The van der Waals surface area contributed by atoms with E-state index in [4.69, 9.17) is 14.5 Å². The number of hydrogen-bond acceptors (Lipinski definition) is 7. The summed E-state index contributed by atoms with van der Waals surface area (Å²) in [5.74, 6) is 0.894. The van der Waals surface area contributed by atoms with E-state index in [0.717, 1.165) is 15.2 Å². The molecule has 1 aromatic heterocycles. The summed E-state index contributed by atoms with van der Waals surface area (Å²) >= 11 is 1.62. The Labute approximate surface area is 183 Å². The summed E-state index contributed by atoms with van der Waals surface area (Å²) in [6, 6.07) is 12.8. The van der Waals surface area contributed by atoms with E-state index < -0.39 is 11.6 Å². The van der Waals surface area contributed by atoms with E-state index in [1.165, 1.54) is 4.90 Å². The van der Waals surface area contributed by atoms with Crippen molar-refractivity contribution >= 4 is 33.5 Å². The molecule has 0 saturated carbocycles. The maximum Gasteiger partial charge on any atom is 0.326 e. The highest BCUT2D eigenvalue weighted by Crippen LogP contribution is 2.38. The van der Waals surface area contributed by atoms with E-state index in [-0.39, 0.29) is 25.4 Å². The molecule has 2 aliphatic heterocycles. The first kappa shape index (κ1) is 19.8. The second-order valence-corrected chi connectivity index (χ2v) is 9.01. The summed E-state index contributed by atoms with van der Waals surface area (Å²) in [6.45, 7) is 4.03. The molecule has 0 unspecified atom stereocenters. The van der Waals surface area contributed by atoms with Crippen molar-refractivity contribution in [2.24, 2.45) is 0 Å². The second-order valence-electron chi connectivity index (χ2n) is 7.95. The minimum Gasteiger partial charge on any atom is -0.454 e. The zero-order valence-corrected chi connectivity index (χ0v) is 18.2. The highest BCUT2D eigenvalue weighted by atomic mass is 32.1. The lowest BCUT2D eigenvalue weighted by Gasteiger charge is -2.27. The van der Waals surface area contributed by atoms with Crippen molar-refractivity contribution in [3.8, 4) is 11.5 Å². The molecule has 2 atom stereocenters. The quantitative estimate of drug-likeness (QED) is 0.615. The fourth-order valence-electron chi connectivity index (χ4n) is 3.83. The number of ether oxygens (including phenoxy) is 2. The first-order valence-corrected chi connectivity index (χ1v) is 10.8. The molecule has 3 aromatic rings. The van der Waals surface area contributed by atoms with Crippen LogP contribution in [0.25, 0.3) is 10.2 Å². The van der Waals surface area contributed by atoms with E-state index in [9.17, 15) is 9.59 Å². The number of fused-ring (bicyclic) bond motifs is 2. The Kier molecular flexibility index (Phi) is 4.60. The monoisotopic (exact) mass is 438 g/mol. The van der Waals surface area contributed by atoms with Crippen molar-refractivity contribution in [3.05, 3.63) is 53.0 Å². The number of benzene rings is 2. The number of amides is 3. The number of rotatable bonds is 5. The lowest BCUT2D eigenvalue weighted by Crippen LogP contribution is -2.43. The van der Waals surface area contributed by atoms with Gasteiger partial charge in [0.15, 0.2) is 11.5 Å². The smallest absolute Gasteiger partial charge is 0.326 e. The standard InChI is InChI=1S/C22H22N4O4S/c1-13(19-23-15-6-4-5-7-18(15)31-19)25(3)11-26-20(27)22(2,24-21(26)28)14-8-9-16-17(10-14)30-12-29-16/h4-10,13H,11-12H2,1-3H3,(H,24,28)/t13-,22-/m0/s1. The van der Waals surface area contributed by atoms with Gasteiger partial charge in [-0.3, -0.25) is 9.69 Å². The zero-order chi connectivity index (χ0) is 21.8. The highest BCUT2D eigenvalue weighted by Gasteiger charge is 2.49. The molecule has 5 rings (SSSR count). The van der Waals surface area contributed by atoms with E-state index in [0.29, 0.717) is 17.1 Å². The summed E-state index contributed by atoms with van der Waals surface area (Å²) in [5.41, 5.74) is 0.436. The van der Waals surface area contributed by atoms with Crippen LogP contribution in [0.15, 0.2) is 42.5 Å². The lowest BCUT2D eigenvalue weighted by molar-refractivity contribution is -0.132. The number of thiazole rings is 1. The Hall–Kier alpha value is -3.17. The molecular formula is C22H22N4O4S. The van der Waals surface area contributed by atoms with Crippen LogP contribution in [-0.2, 0) is 10.3 Å². The number of aromatic nitrogens is 1. The molecule has 9 heteroatoms. The van der Waals surface area contributed by atoms with Gasteiger partial charge in [-0.15, -0.1) is 11.3 Å². The molecule has 31 heavy (non-hydrogen) atoms. The van der Waals surface area contributed by atoms with Crippen molar-refractivity contribution in [2.45, 2.75) is 25.4 Å². The van der Waals surface area contributed by atoms with Crippen LogP contribution in [0, 0.1) is 0 Å². The summed E-state index contributed by atoms with van der Waals surface area (Å²) < 4.78 is 11.9. The third-order valence-corrected chi connectivity index (χ3v) is 7.13. The number of hydrogen-bond donors (Lipinski definition) is 1. The number of nitrogens with one attached hydrogen (secondary N) is 1. The number of urea groups is 1. The molecular weight excluding hydrogens is 416 g/mol. The largest absolute Gasteiger partial charge is 0.454 e. The van der Waals surface area contributed by atoms with Gasteiger partial charge in [0.2, 0.25) is 6.79 Å². The molecule has 0 radical (unpaired) electrons. The fourth-order valence-corrected chi connectivity index (χ4v) is 4.92. The Bertz CT molecular complexity index is 1160. The summed E-state index contributed by atoms with van der Waals surface area (Å²) in [6.07, 6.45) is 0. The van der Waals surface area contributed by atoms with Gasteiger partial charge in [0.25, 0.3) is 5.91 Å². The van der Waals surface area contributed by atoms with Gasteiger partial charge in [0.1, 0.15) is 10.5 Å². The fraction of sp³-hybridized carbons (Fsp3) is 0.318. The van der Waals surface area contributed by atoms with Crippen LogP contribution >= 0.6 is 11.3 Å². The SMILES string of the molecule is C[C@@H](c1nc2ccccc2s1)N(C)CN1C(=O)N[C@@](C)(c2ccc3c(c2)OCO3)C1=O. The van der Waals surface area contributed by atoms with Gasteiger partial charge in [0.05, 0.1) is 22.9 Å². The number of imide groups is 1. The molecule has 0 bridgehead atoms. The average molecular weight is 439 g/mol. The second kappa shape index (κ2) is 7.21. The number of carbonyl (C=O) groups excluding carboxylic acids is 2. The van der Waals surface area contributed by atoms with E-state index in [2.05, 4.69) is 5.32 Å². The minimum atomic E-state index is -1.17. The van der Waals surface area contributed by atoms with Gasteiger partial charge >= 0.3 is 6.03 Å². The van der Waals surface area contributed by atoms with Crippen LogP contribution in [0.3, 0.4) is 0 Å². The minimum absolute atomic E-state index is 0.0598. The van der Waals surface area contributed by atoms with Crippen LogP contribution in [0.4, 0.5) is 4.79 Å². The van der Waals surface area contributed by atoms with Crippen molar-refractivity contribution in [3.63, 3.8) is 0 Å². The average Bonchev–Trinajstić information content (AvgIpc) is 3.46. The van der Waals surface area contributed by atoms with E-state index in [1.54, 1.807) is 36.5 Å². The van der Waals surface area contributed by atoms with Gasteiger partial charge in [-0.25, -0.2) is 14.7 Å². The normalized spacial score (nSPS) is 21.2. The molecule has 1 fully saturated rings. The Balaban J connectivity index is 1.35.